The number of aromatic nitrogens is 2. The molecule has 1 atom stereocenters. The molecule has 0 spiro atoms. The minimum absolute atomic E-state index is 0.000605. The summed E-state index contributed by atoms with van der Waals surface area (Å²) in [5, 5.41) is 4.12. The Kier molecular flexibility index (Phi) is 2.25. The van der Waals surface area contributed by atoms with Crippen LogP contribution in [0.15, 0.2) is 12.4 Å². The molecule has 1 saturated heterocycles. The number of nitrogens with two attached hydrogens (primary N) is 1. The van der Waals surface area contributed by atoms with Crippen LogP contribution in [-0.2, 0) is 11.3 Å². The van der Waals surface area contributed by atoms with E-state index in [0.29, 0.717) is 6.54 Å². The maximum Gasteiger partial charge on any atom is 0.244 e. The number of anilines is 1. The number of hydrogen-bond donors (Lipinski definition) is 1. The molecule has 0 radical (unpaired) electrons. The maximum atomic E-state index is 11.6. The summed E-state index contributed by atoms with van der Waals surface area (Å²) < 4.78 is 1.80. The first kappa shape index (κ1) is 9.21. The van der Waals surface area contributed by atoms with Gasteiger partial charge in [0.1, 0.15) is 0 Å². The van der Waals surface area contributed by atoms with Crippen LogP contribution in [0.5, 0.6) is 0 Å². The Morgan fingerprint density at radius 2 is 2.50 bits per heavy atom. The van der Waals surface area contributed by atoms with Gasteiger partial charge in [0.05, 0.1) is 17.9 Å². The monoisotopic (exact) mass is 194 g/mol. The highest BCUT2D eigenvalue weighted by Crippen LogP contribution is 2.19. The van der Waals surface area contributed by atoms with Crippen molar-refractivity contribution in [2.75, 3.05) is 11.4 Å². The van der Waals surface area contributed by atoms with Crippen molar-refractivity contribution in [1.29, 1.82) is 0 Å². The molecule has 1 fully saturated rings. The van der Waals surface area contributed by atoms with Crippen LogP contribution in [0.25, 0.3) is 0 Å². The smallest absolute Gasteiger partial charge is 0.244 e. The highest BCUT2D eigenvalue weighted by Gasteiger charge is 2.30. The summed E-state index contributed by atoms with van der Waals surface area (Å²) in [6.45, 7) is 3.53. The van der Waals surface area contributed by atoms with Gasteiger partial charge in [0.25, 0.3) is 0 Å². The van der Waals surface area contributed by atoms with Crippen LogP contribution in [0, 0.1) is 0 Å². The zero-order valence-electron chi connectivity index (χ0n) is 8.18. The predicted molar refractivity (Wildman–Crippen MR) is 52.8 cm³/mol. The quantitative estimate of drug-likeness (QED) is 0.719. The van der Waals surface area contributed by atoms with E-state index in [1.165, 1.54) is 0 Å². The number of hydrogen-bond acceptors (Lipinski definition) is 3. The highest BCUT2D eigenvalue weighted by molar-refractivity contribution is 5.98. The summed E-state index contributed by atoms with van der Waals surface area (Å²) in [4.78, 5) is 13.3. The lowest BCUT2D eigenvalue weighted by molar-refractivity contribution is -0.118. The first-order chi connectivity index (χ1) is 6.72. The molecule has 0 bridgehead atoms. The molecule has 1 aliphatic rings. The summed E-state index contributed by atoms with van der Waals surface area (Å²) in [5.41, 5.74) is 6.48. The second-order valence-corrected chi connectivity index (χ2v) is 3.44. The lowest BCUT2D eigenvalue weighted by Crippen LogP contribution is -2.33. The topological polar surface area (TPSA) is 64.2 Å². The van der Waals surface area contributed by atoms with Gasteiger partial charge >= 0.3 is 0 Å². The number of rotatable bonds is 2. The van der Waals surface area contributed by atoms with Gasteiger partial charge in [0.15, 0.2) is 0 Å². The molecule has 1 aromatic rings. The van der Waals surface area contributed by atoms with Crippen LogP contribution >= 0.6 is 0 Å². The summed E-state index contributed by atoms with van der Waals surface area (Å²) in [6, 6.07) is -0.333. The van der Waals surface area contributed by atoms with Crippen molar-refractivity contribution < 1.29 is 4.79 Å². The lowest BCUT2D eigenvalue weighted by Gasteiger charge is -2.12. The molecule has 5 nitrogen and oxygen atoms in total. The minimum Gasteiger partial charge on any atom is -0.320 e. The molecule has 2 N–H and O–H groups in total. The third-order valence-electron chi connectivity index (χ3n) is 2.50. The predicted octanol–water partition coefficient (Wildman–Crippen LogP) is -0.0330. The van der Waals surface area contributed by atoms with E-state index in [1.54, 1.807) is 15.8 Å². The molecule has 1 unspecified atom stereocenters. The fraction of sp³-hybridized carbons (Fsp3) is 0.556. The van der Waals surface area contributed by atoms with E-state index in [9.17, 15) is 4.79 Å². The van der Waals surface area contributed by atoms with Crippen molar-refractivity contribution in [1.82, 2.24) is 9.78 Å². The Labute approximate surface area is 82.5 Å². The van der Waals surface area contributed by atoms with E-state index in [1.807, 2.05) is 13.1 Å². The molecular formula is C9H14N4O. The van der Waals surface area contributed by atoms with E-state index in [2.05, 4.69) is 5.10 Å². The van der Waals surface area contributed by atoms with Gasteiger partial charge in [0.2, 0.25) is 5.91 Å². The van der Waals surface area contributed by atoms with Gasteiger partial charge in [0, 0.05) is 19.3 Å². The Morgan fingerprint density at radius 3 is 3.00 bits per heavy atom. The summed E-state index contributed by atoms with van der Waals surface area (Å²) in [5.74, 6) is 0.000605. The zero-order chi connectivity index (χ0) is 10.1. The first-order valence-electron chi connectivity index (χ1n) is 4.81. The van der Waals surface area contributed by atoms with Gasteiger partial charge in [-0.2, -0.15) is 5.10 Å². The van der Waals surface area contributed by atoms with Crippen LogP contribution in [0.2, 0.25) is 0 Å². The fourth-order valence-electron chi connectivity index (χ4n) is 1.62. The van der Waals surface area contributed by atoms with Gasteiger partial charge in [-0.1, -0.05) is 0 Å². The van der Waals surface area contributed by atoms with Crippen LogP contribution < -0.4 is 10.6 Å². The first-order valence-corrected chi connectivity index (χ1v) is 4.81. The maximum absolute atomic E-state index is 11.6. The second-order valence-electron chi connectivity index (χ2n) is 3.44. The summed E-state index contributed by atoms with van der Waals surface area (Å²) in [7, 11) is 0. The Balaban J connectivity index is 2.19. The molecule has 0 saturated carbocycles. The van der Waals surface area contributed by atoms with Crippen LogP contribution in [0.4, 0.5) is 5.69 Å². The molecule has 1 aliphatic heterocycles. The largest absolute Gasteiger partial charge is 0.320 e. The van der Waals surface area contributed by atoms with Gasteiger partial charge in [-0.3, -0.25) is 9.48 Å². The third-order valence-corrected chi connectivity index (χ3v) is 2.50. The summed E-state index contributed by atoms with van der Waals surface area (Å²) >= 11 is 0. The molecule has 2 heterocycles. The molecular weight excluding hydrogens is 180 g/mol. The molecule has 5 heteroatoms. The molecule has 1 amide bonds. The third kappa shape index (κ3) is 1.39. The highest BCUT2D eigenvalue weighted by atomic mass is 16.2. The number of carbonyl (C=O) groups excluding carboxylic acids is 1. The number of aryl methyl sites for hydroxylation is 1. The summed E-state index contributed by atoms with van der Waals surface area (Å²) in [6.07, 6.45) is 4.31. The van der Waals surface area contributed by atoms with Crippen molar-refractivity contribution in [2.24, 2.45) is 5.73 Å². The minimum atomic E-state index is -0.333. The Bertz CT molecular complexity index is 346. The van der Waals surface area contributed by atoms with Crippen LogP contribution in [0.1, 0.15) is 13.3 Å². The average molecular weight is 194 g/mol. The lowest BCUT2D eigenvalue weighted by atomic mass is 10.3. The standard InChI is InChI=1S/C9H14N4O/c1-2-12-6-7(5-11-12)13-4-3-8(10)9(13)14/h5-6,8H,2-4,10H2,1H3. The number of amides is 1. The van der Waals surface area contributed by atoms with Gasteiger partial charge in [-0.15, -0.1) is 0 Å². The number of carbonyl (C=O) groups is 1. The number of nitrogens with zero attached hydrogens (tertiary/aromatic N) is 3. The zero-order valence-corrected chi connectivity index (χ0v) is 8.18. The van der Waals surface area contributed by atoms with Crippen molar-refractivity contribution in [3.05, 3.63) is 12.4 Å². The van der Waals surface area contributed by atoms with E-state index >= 15 is 0 Å². The van der Waals surface area contributed by atoms with Crippen LogP contribution in [-0.4, -0.2) is 28.3 Å². The fourth-order valence-corrected chi connectivity index (χ4v) is 1.62. The van der Waals surface area contributed by atoms with Crippen molar-refractivity contribution in [3.63, 3.8) is 0 Å². The van der Waals surface area contributed by atoms with E-state index < -0.39 is 0 Å². The SMILES string of the molecule is CCn1cc(N2CCC(N)C2=O)cn1. The van der Waals surface area contributed by atoms with E-state index in [0.717, 1.165) is 18.7 Å². The van der Waals surface area contributed by atoms with Crippen molar-refractivity contribution >= 4 is 11.6 Å². The molecule has 0 aromatic carbocycles. The van der Waals surface area contributed by atoms with E-state index in [4.69, 9.17) is 5.73 Å². The molecule has 14 heavy (non-hydrogen) atoms. The van der Waals surface area contributed by atoms with Crippen molar-refractivity contribution in [2.45, 2.75) is 25.9 Å². The van der Waals surface area contributed by atoms with Gasteiger partial charge in [-0.25, -0.2) is 0 Å². The molecule has 1 aromatic heterocycles. The van der Waals surface area contributed by atoms with E-state index in [-0.39, 0.29) is 11.9 Å². The Morgan fingerprint density at radius 1 is 1.71 bits per heavy atom. The van der Waals surface area contributed by atoms with Gasteiger partial charge in [-0.05, 0) is 13.3 Å². The normalized spacial score (nSPS) is 22.0. The molecule has 2 rings (SSSR count). The van der Waals surface area contributed by atoms with Crippen molar-refractivity contribution in [3.8, 4) is 0 Å². The molecule has 76 valence electrons. The van der Waals surface area contributed by atoms with Gasteiger partial charge < -0.3 is 10.6 Å². The molecule has 0 aliphatic carbocycles. The second kappa shape index (κ2) is 3.42. The average Bonchev–Trinajstić information content (AvgIpc) is 2.75. The Hall–Kier alpha value is -1.36. The van der Waals surface area contributed by atoms with Crippen LogP contribution in [0.3, 0.4) is 0 Å².